The van der Waals surface area contributed by atoms with Gasteiger partial charge < -0.3 is 10.1 Å². The third kappa shape index (κ3) is 3.61. The zero-order valence-electron chi connectivity index (χ0n) is 11.3. The number of likely N-dealkylation sites (tertiary alicyclic amines) is 1. The van der Waals surface area contributed by atoms with Gasteiger partial charge in [-0.2, -0.15) is 0 Å². The Morgan fingerprint density at radius 1 is 1.37 bits per heavy atom. The summed E-state index contributed by atoms with van der Waals surface area (Å²) in [6, 6.07) is 6.00. The average Bonchev–Trinajstić information content (AvgIpc) is 2.44. The summed E-state index contributed by atoms with van der Waals surface area (Å²) in [6.07, 6.45) is 3.17. The molecule has 1 aromatic rings. The van der Waals surface area contributed by atoms with E-state index in [2.05, 4.69) is 10.2 Å². The highest BCUT2D eigenvalue weighted by molar-refractivity contribution is 5.61. The molecule has 1 aromatic carbocycles. The normalized spacial score (nSPS) is 19.3. The number of nitrogens with zero attached hydrogens (tertiary/aromatic N) is 1. The lowest BCUT2D eigenvalue weighted by molar-refractivity contribution is -0.113. The molecule has 104 valence electrons. The van der Waals surface area contributed by atoms with E-state index in [1.807, 2.05) is 7.05 Å². The first kappa shape index (κ1) is 14.2. The number of hydrogen-bond donors (Lipinski definition) is 1. The molecule has 2 rings (SSSR count). The number of piperidine rings is 1. The summed E-state index contributed by atoms with van der Waals surface area (Å²) < 4.78 is 12.9. The number of rotatable bonds is 5. The van der Waals surface area contributed by atoms with Crippen LogP contribution in [-0.4, -0.2) is 37.9 Å². The van der Waals surface area contributed by atoms with Gasteiger partial charge in [-0.25, -0.2) is 4.39 Å². The van der Waals surface area contributed by atoms with Crippen molar-refractivity contribution >= 4 is 6.29 Å². The molecule has 1 aliphatic heterocycles. The number of hydrogen-bond acceptors (Lipinski definition) is 3. The van der Waals surface area contributed by atoms with Crippen molar-refractivity contribution in [1.29, 1.82) is 0 Å². The van der Waals surface area contributed by atoms with Crippen molar-refractivity contribution in [1.82, 2.24) is 10.2 Å². The van der Waals surface area contributed by atoms with E-state index in [-0.39, 0.29) is 11.9 Å². The number of halogens is 1. The van der Waals surface area contributed by atoms with Crippen LogP contribution in [-0.2, 0) is 4.79 Å². The van der Waals surface area contributed by atoms with Gasteiger partial charge in [0, 0.05) is 0 Å². The van der Waals surface area contributed by atoms with E-state index in [0.717, 1.165) is 44.3 Å². The fourth-order valence-electron chi connectivity index (χ4n) is 2.76. The molecule has 0 radical (unpaired) electrons. The van der Waals surface area contributed by atoms with Gasteiger partial charge in [0.1, 0.15) is 12.1 Å². The first-order chi connectivity index (χ1) is 9.24. The van der Waals surface area contributed by atoms with Crippen LogP contribution in [0, 0.1) is 11.7 Å². The molecule has 3 nitrogen and oxygen atoms in total. The molecule has 1 fully saturated rings. The van der Waals surface area contributed by atoms with Crippen molar-refractivity contribution in [2.24, 2.45) is 5.92 Å². The summed E-state index contributed by atoms with van der Waals surface area (Å²) >= 11 is 0. The van der Waals surface area contributed by atoms with E-state index >= 15 is 0 Å². The topological polar surface area (TPSA) is 32.3 Å². The van der Waals surface area contributed by atoms with E-state index in [1.165, 1.54) is 12.1 Å². The van der Waals surface area contributed by atoms with Crippen LogP contribution < -0.4 is 5.32 Å². The van der Waals surface area contributed by atoms with Crippen LogP contribution in [0.3, 0.4) is 0 Å². The van der Waals surface area contributed by atoms with Gasteiger partial charge in [-0.3, -0.25) is 4.90 Å². The van der Waals surface area contributed by atoms with Crippen LogP contribution in [0.2, 0.25) is 0 Å². The second-order valence-corrected chi connectivity index (χ2v) is 5.17. The molecule has 0 spiro atoms. The highest BCUT2D eigenvalue weighted by atomic mass is 19.1. The molecule has 0 bridgehead atoms. The molecular formula is C15H21FN2O. The lowest BCUT2D eigenvalue weighted by atomic mass is 9.94. The third-order valence-electron chi connectivity index (χ3n) is 3.88. The number of aldehydes is 1. The Morgan fingerprint density at radius 2 is 2.00 bits per heavy atom. The molecule has 0 saturated carbocycles. The Hall–Kier alpha value is -1.26. The fraction of sp³-hybridized carbons (Fsp3) is 0.533. The quantitative estimate of drug-likeness (QED) is 0.826. The summed E-state index contributed by atoms with van der Waals surface area (Å²) in [6.45, 7) is 2.89. The highest BCUT2D eigenvalue weighted by Gasteiger charge is 2.25. The van der Waals surface area contributed by atoms with Crippen LogP contribution in [0.4, 0.5) is 4.39 Å². The third-order valence-corrected chi connectivity index (χ3v) is 3.88. The Labute approximate surface area is 113 Å². The highest BCUT2D eigenvalue weighted by Crippen LogP contribution is 2.25. The van der Waals surface area contributed by atoms with Gasteiger partial charge in [-0.05, 0) is 63.1 Å². The first-order valence-electron chi connectivity index (χ1n) is 6.84. The Kier molecular flexibility index (Phi) is 5.05. The largest absolute Gasteiger partial charge is 0.319 e. The summed E-state index contributed by atoms with van der Waals surface area (Å²) in [5, 5.41) is 3.20. The van der Waals surface area contributed by atoms with Crippen molar-refractivity contribution in [2.75, 3.05) is 26.7 Å². The molecular weight excluding hydrogens is 243 g/mol. The van der Waals surface area contributed by atoms with Crippen LogP contribution in [0.15, 0.2) is 24.3 Å². The standard InChI is InChI=1S/C15H21FN2O/c1-17-10-12-6-8-18(9-7-12)15(11-19)13-2-4-14(16)5-3-13/h2-5,11-12,15,17H,6-10H2,1H3. The number of carbonyl (C=O) groups is 1. The minimum Gasteiger partial charge on any atom is -0.319 e. The van der Waals surface area contributed by atoms with Crippen molar-refractivity contribution in [3.63, 3.8) is 0 Å². The van der Waals surface area contributed by atoms with Gasteiger partial charge in [0.25, 0.3) is 0 Å². The average molecular weight is 264 g/mol. The second-order valence-electron chi connectivity index (χ2n) is 5.17. The molecule has 0 aromatic heterocycles. The molecule has 0 amide bonds. The first-order valence-corrected chi connectivity index (χ1v) is 6.84. The van der Waals surface area contributed by atoms with Gasteiger partial charge in [-0.15, -0.1) is 0 Å². The van der Waals surface area contributed by atoms with E-state index in [9.17, 15) is 9.18 Å². The number of benzene rings is 1. The maximum absolute atomic E-state index is 12.9. The molecule has 1 saturated heterocycles. The van der Waals surface area contributed by atoms with Crippen LogP contribution in [0.1, 0.15) is 24.4 Å². The van der Waals surface area contributed by atoms with Crippen molar-refractivity contribution < 1.29 is 9.18 Å². The summed E-state index contributed by atoms with van der Waals surface area (Å²) in [5.74, 6) is 0.433. The SMILES string of the molecule is CNCC1CCN(C(C=O)c2ccc(F)cc2)CC1. The predicted octanol–water partition coefficient (Wildman–Crippen LogP) is 2.00. The molecule has 1 heterocycles. The molecule has 1 unspecified atom stereocenters. The maximum Gasteiger partial charge on any atom is 0.141 e. The number of nitrogens with one attached hydrogen (secondary N) is 1. The Bertz CT molecular complexity index is 399. The predicted molar refractivity (Wildman–Crippen MR) is 73.4 cm³/mol. The zero-order valence-corrected chi connectivity index (χ0v) is 11.3. The van der Waals surface area contributed by atoms with Crippen molar-refractivity contribution in [2.45, 2.75) is 18.9 Å². The van der Waals surface area contributed by atoms with E-state index in [0.29, 0.717) is 5.92 Å². The van der Waals surface area contributed by atoms with Crippen LogP contribution >= 0.6 is 0 Å². The van der Waals surface area contributed by atoms with Gasteiger partial charge in [0.05, 0.1) is 6.04 Å². The maximum atomic E-state index is 12.9. The van der Waals surface area contributed by atoms with Crippen LogP contribution in [0.5, 0.6) is 0 Å². The van der Waals surface area contributed by atoms with E-state index in [1.54, 1.807) is 12.1 Å². The molecule has 1 N–H and O–H groups in total. The smallest absolute Gasteiger partial charge is 0.141 e. The fourth-order valence-corrected chi connectivity index (χ4v) is 2.76. The summed E-state index contributed by atoms with van der Waals surface area (Å²) in [7, 11) is 1.97. The van der Waals surface area contributed by atoms with Gasteiger partial charge in [0.15, 0.2) is 0 Å². The molecule has 1 aliphatic rings. The number of carbonyl (C=O) groups excluding carboxylic acids is 1. The minimum absolute atomic E-state index is 0.240. The van der Waals surface area contributed by atoms with Crippen molar-refractivity contribution in [3.8, 4) is 0 Å². The summed E-state index contributed by atoms with van der Waals surface area (Å²) in [5.41, 5.74) is 0.878. The lowest BCUT2D eigenvalue weighted by Crippen LogP contribution is -2.39. The van der Waals surface area contributed by atoms with Gasteiger partial charge >= 0.3 is 0 Å². The van der Waals surface area contributed by atoms with Crippen LogP contribution in [0.25, 0.3) is 0 Å². The second kappa shape index (κ2) is 6.78. The Morgan fingerprint density at radius 3 is 2.53 bits per heavy atom. The van der Waals surface area contributed by atoms with Gasteiger partial charge in [0.2, 0.25) is 0 Å². The molecule has 0 aliphatic carbocycles. The molecule has 19 heavy (non-hydrogen) atoms. The monoisotopic (exact) mass is 264 g/mol. The Balaban J connectivity index is 1.99. The van der Waals surface area contributed by atoms with Crippen molar-refractivity contribution in [3.05, 3.63) is 35.6 Å². The lowest BCUT2D eigenvalue weighted by Gasteiger charge is -2.35. The minimum atomic E-state index is -0.263. The van der Waals surface area contributed by atoms with Gasteiger partial charge in [-0.1, -0.05) is 12.1 Å². The molecule has 4 heteroatoms. The summed E-state index contributed by atoms with van der Waals surface area (Å²) in [4.78, 5) is 13.5. The van der Waals surface area contributed by atoms with E-state index in [4.69, 9.17) is 0 Å². The zero-order chi connectivity index (χ0) is 13.7. The molecule has 1 atom stereocenters. The van der Waals surface area contributed by atoms with E-state index < -0.39 is 0 Å².